The summed E-state index contributed by atoms with van der Waals surface area (Å²) in [4.78, 5) is 56.9. The van der Waals surface area contributed by atoms with E-state index in [0.29, 0.717) is 19.6 Å². The fourth-order valence-corrected chi connectivity index (χ4v) is 6.29. The minimum atomic E-state index is -1.43. The van der Waals surface area contributed by atoms with Gasteiger partial charge in [-0.05, 0) is 56.4 Å². The zero-order chi connectivity index (χ0) is 26.5. The van der Waals surface area contributed by atoms with Gasteiger partial charge < -0.3 is 14.2 Å². The van der Waals surface area contributed by atoms with Gasteiger partial charge in [-0.2, -0.15) is 0 Å². The summed E-state index contributed by atoms with van der Waals surface area (Å²) in [6, 6.07) is 12.2. The van der Waals surface area contributed by atoms with Crippen LogP contribution in [0.5, 0.6) is 5.75 Å². The number of barbiturate groups is 1. The van der Waals surface area contributed by atoms with Gasteiger partial charge in [-0.15, -0.1) is 0 Å². The molecule has 3 aliphatic heterocycles. The van der Waals surface area contributed by atoms with Gasteiger partial charge in [-0.3, -0.25) is 24.2 Å². The van der Waals surface area contributed by atoms with E-state index in [-0.39, 0.29) is 36.5 Å². The number of likely N-dealkylation sites (tertiary alicyclic amines) is 1. The molecule has 0 spiro atoms. The van der Waals surface area contributed by atoms with Crippen molar-refractivity contribution in [3.63, 3.8) is 0 Å². The first-order chi connectivity index (χ1) is 17.6. The Morgan fingerprint density at radius 2 is 1.59 bits per heavy atom. The van der Waals surface area contributed by atoms with Gasteiger partial charge in [0.15, 0.2) is 0 Å². The van der Waals surface area contributed by atoms with Crippen molar-refractivity contribution in [2.45, 2.75) is 45.3 Å². The van der Waals surface area contributed by atoms with Crippen LogP contribution in [0.25, 0.3) is 0 Å². The number of ether oxygens (including phenoxy) is 1. The molecule has 9 heteroatoms. The minimum Gasteiger partial charge on any atom is -0.491 e. The molecular weight excluding hydrogens is 472 g/mol. The number of pyridine rings is 1. The number of urea groups is 1. The zero-order valence-corrected chi connectivity index (χ0v) is 21.8. The fourth-order valence-electron chi connectivity index (χ4n) is 6.29. The number of rotatable bonds is 6. The molecule has 2 fully saturated rings. The molecule has 4 amide bonds. The third-order valence-electron chi connectivity index (χ3n) is 7.85. The van der Waals surface area contributed by atoms with Crippen molar-refractivity contribution >= 4 is 17.8 Å². The summed E-state index contributed by atoms with van der Waals surface area (Å²) < 4.78 is 7.61. The Morgan fingerprint density at radius 1 is 0.919 bits per heavy atom. The van der Waals surface area contributed by atoms with Crippen molar-refractivity contribution in [3.05, 3.63) is 64.1 Å². The maximum absolute atomic E-state index is 13.8. The Labute approximate surface area is 216 Å². The van der Waals surface area contributed by atoms with Gasteiger partial charge in [0, 0.05) is 58.0 Å². The maximum Gasteiger partial charge on any atom is 0.332 e. The van der Waals surface area contributed by atoms with Gasteiger partial charge in [-0.1, -0.05) is 18.2 Å². The first-order valence-electron chi connectivity index (χ1n) is 12.9. The third kappa shape index (κ3) is 4.45. The molecular formula is C28H34N4O5. The second kappa shape index (κ2) is 9.45. The number of benzene rings is 1. The lowest BCUT2D eigenvalue weighted by Crippen LogP contribution is -2.67. The number of carbonyl (C=O) groups excluding carboxylic acids is 3. The molecule has 2 atom stereocenters. The van der Waals surface area contributed by atoms with Crippen molar-refractivity contribution in [1.82, 2.24) is 19.3 Å². The number of piperidine rings is 1. The molecule has 1 aromatic carbocycles. The molecule has 3 aliphatic rings. The third-order valence-corrected chi connectivity index (χ3v) is 7.85. The highest BCUT2D eigenvalue weighted by Crippen LogP contribution is 2.39. The number of fused-ring (bicyclic) bond motifs is 4. The second-order valence-corrected chi connectivity index (χ2v) is 11.0. The average molecular weight is 507 g/mol. The summed E-state index contributed by atoms with van der Waals surface area (Å²) in [7, 11) is 2.88. The molecule has 2 aromatic rings. The van der Waals surface area contributed by atoms with E-state index >= 15 is 0 Å². The zero-order valence-electron chi connectivity index (χ0n) is 21.8. The van der Waals surface area contributed by atoms with E-state index in [1.807, 2.05) is 48.7 Å². The highest BCUT2D eigenvalue weighted by Gasteiger charge is 2.56. The van der Waals surface area contributed by atoms with Crippen molar-refractivity contribution < 1.29 is 19.1 Å². The van der Waals surface area contributed by atoms with Crippen molar-refractivity contribution in [2.75, 3.05) is 33.7 Å². The molecule has 9 nitrogen and oxygen atoms in total. The maximum atomic E-state index is 13.8. The predicted octanol–water partition coefficient (Wildman–Crippen LogP) is 2.33. The number of amides is 4. The van der Waals surface area contributed by atoms with Gasteiger partial charge >= 0.3 is 6.03 Å². The molecule has 5 rings (SSSR count). The van der Waals surface area contributed by atoms with Crippen LogP contribution in [0.1, 0.15) is 37.4 Å². The Morgan fingerprint density at radius 3 is 2.24 bits per heavy atom. The van der Waals surface area contributed by atoms with Crippen LogP contribution in [0.2, 0.25) is 0 Å². The standard InChI is InChI=1S/C28H34N4O5/c1-18(2)37-22-10-8-19(9-11-22)13-28(25(34)29(3)27(36)30(4)26(28)35)17-31-14-20-12-21(16-31)23-6-5-7-24(33)32(23)15-20/h5-11,18,20-21H,12-17H2,1-4H3/t20-,21-/m0/s1. The lowest BCUT2D eigenvalue weighted by Gasteiger charge is -2.48. The number of nitrogens with zero attached hydrogens (tertiary/aromatic N) is 4. The van der Waals surface area contributed by atoms with E-state index in [1.165, 1.54) is 14.1 Å². The molecule has 0 unspecified atom stereocenters. The van der Waals surface area contributed by atoms with Gasteiger partial charge in [0.05, 0.1) is 6.10 Å². The summed E-state index contributed by atoms with van der Waals surface area (Å²) in [5, 5.41) is 0. The van der Waals surface area contributed by atoms with Gasteiger partial charge in [-0.25, -0.2) is 4.79 Å². The average Bonchev–Trinajstić information content (AvgIpc) is 2.87. The van der Waals surface area contributed by atoms with Crippen LogP contribution in [-0.4, -0.2) is 76.9 Å². The van der Waals surface area contributed by atoms with Crippen molar-refractivity contribution in [3.8, 4) is 5.75 Å². The summed E-state index contributed by atoms with van der Waals surface area (Å²) >= 11 is 0. The van der Waals surface area contributed by atoms with Crippen LogP contribution < -0.4 is 10.3 Å². The van der Waals surface area contributed by atoms with Gasteiger partial charge in [0.2, 0.25) is 11.8 Å². The number of hydrogen-bond donors (Lipinski definition) is 0. The van der Waals surface area contributed by atoms with E-state index in [2.05, 4.69) is 4.90 Å². The van der Waals surface area contributed by atoms with Crippen LogP contribution in [0, 0.1) is 11.3 Å². The molecule has 0 saturated carbocycles. The molecule has 196 valence electrons. The molecule has 2 saturated heterocycles. The largest absolute Gasteiger partial charge is 0.491 e. The Bertz CT molecular complexity index is 1260. The van der Waals surface area contributed by atoms with Crippen molar-refractivity contribution in [1.29, 1.82) is 0 Å². The van der Waals surface area contributed by atoms with Crippen molar-refractivity contribution in [2.24, 2.45) is 11.3 Å². The summed E-state index contributed by atoms with van der Waals surface area (Å²) in [6.45, 7) is 6.07. The first-order valence-corrected chi connectivity index (χ1v) is 12.9. The lowest BCUT2D eigenvalue weighted by molar-refractivity contribution is -0.159. The molecule has 37 heavy (non-hydrogen) atoms. The lowest BCUT2D eigenvalue weighted by atomic mass is 9.75. The summed E-state index contributed by atoms with van der Waals surface area (Å²) in [5.74, 6) is 0.167. The Balaban J connectivity index is 1.47. The number of carbonyl (C=O) groups is 3. The van der Waals surface area contributed by atoms with Crippen LogP contribution in [0.4, 0.5) is 4.79 Å². The highest BCUT2D eigenvalue weighted by molar-refractivity contribution is 6.19. The van der Waals surface area contributed by atoms with E-state index in [4.69, 9.17) is 4.74 Å². The quantitative estimate of drug-likeness (QED) is 0.559. The first kappa shape index (κ1) is 25.2. The predicted molar refractivity (Wildman–Crippen MR) is 137 cm³/mol. The monoisotopic (exact) mass is 506 g/mol. The van der Waals surface area contributed by atoms with E-state index in [9.17, 15) is 19.2 Å². The summed E-state index contributed by atoms with van der Waals surface area (Å²) in [6.07, 6.45) is 1.19. The van der Waals surface area contributed by atoms with E-state index in [1.54, 1.807) is 12.1 Å². The van der Waals surface area contributed by atoms with Gasteiger partial charge in [0.25, 0.3) is 5.56 Å². The van der Waals surface area contributed by atoms with Crippen LogP contribution in [0.15, 0.2) is 47.3 Å². The van der Waals surface area contributed by atoms with Crippen LogP contribution >= 0.6 is 0 Å². The number of imide groups is 2. The number of hydrogen-bond acceptors (Lipinski definition) is 6. The molecule has 0 radical (unpaired) electrons. The van der Waals surface area contributed by atoms with E-state index < -0.39 is 23.3 Å². The Hall–Kier alpha value is -3.46. The van der Waals surface area contributed by atoms with E-state index in [0.717, 1.165) is 33.2 Å². The second-order valence-electron chi connectivity index (χ2n) is 11.0. The smallest absolute Gasteiger partial charge is 0.332 e. The molecule has 0 N–H and O–H groups in total. The number of aromatic nitrogens is 1. The topological polar surface area (TPSA) is 92.2 Å². The van der Waals surface area contributed by atoms with Crippen LogP contribution in [0.3, 0.4) is 0 Å². The minimum absolute atomic E-state index is 0.0152. The molecule has 0 aliphatic carbocycles. The molecule has 1 aromatic heterocycles. The normalized spacial score (nSPS) is 23.4. The molecule has 4 heterocycles. The van der Waals surface area contributed by atoms with Crippen LogP contribution in [-0.2, 0) is 22.6 Å². The van der Waals surface area contributed by atoms with Gasteiger partial charge in [0.1, 0.15) is 11.2 Å². The highest BCUT2D eigenvalue weighted by atomic mass is 16.5. The summed E-state index contributed by atoms with van der Waals surface area (Å²) in [5.41, 5.74) is 0.415. The molecule has 2 bridgehead atoms. The SMILES string of the molecule is CC(C)Oc1ccc(CC2(CN3C[C@@H]4C[C@@H](C3)c3cccc(=O)n3C4)C(=O)N(C)C(=O)N(C)C2=O)cc1. The Kier molecular flexibility index (Phi) is 6.43. The fraction of sp³-hybridized carbons (Fsp3) is 0.500.